The molecule has 0 unspecified atom stereocenters. The second-order valence-electron chi connectivity index (χ2n) is 5.12. The predicted molar refractivity (Wildman–Crippen MR) is 88.3 cm³/mol. The highest BCUT2D eigenvalue weighted by Gasteiger charge is 2.32. The van der Waals surface area contributed by atoms with E-state index in [4.69, 9.17) is 10.2 Å². The van der Waals surface area contributed by atoms with Crippen LogP contribution in [0, 0.1) is 0 Å². The molecule has 0 atom stereocenters. The normalized spacial score (nSPS) is 12.4. The van der Waals surface area contributed by atoms with Gasteiger partial charge in [0.05, 0.1) is 5.69 Å². The van der Waals surface area contributed by atoms with Gasteiger partial charge in [0, 0.05) is 5.39 Å². The first-order valence-corrected chi connectivity index (χ1v) is 7.30. The van der Waals surface area contributed by atoms with Crippen molar-refractivity contribution in [2.24, 2.45) is 10.7 Å². The number of para-hydroxylation sites is 3. The molecule has 0 aliphatic rings. The van der Waals surface area contributed by atoms with Crippen molar-refractivity contribution < 1.29 is 22.3 Å². The molecule has 0 spiro atoms. The summed E-state index contributed by atoms with van der Waals surface area (Å²) in [5.41, 5.74) is 6.53. The molecule has 25 heavy (non-hydrogen) atoms. The van der Waals surface area contributed by atoms with E-state index in [1.165, 1.54) is 18.2 Å². The summed E-state index contributed by atoms with van der Waals surface area (Å²) < 4.78 is 46.8. The van der Waals surface area contributed by atoms with E-state index < -0.39 is 12.1 Å². The zero-order valence-corrected chi connectivity index (χ0v) is 12.9. The van der Waals surface area contributed by atoms with E-state index in [-0.39, 0.29) is 18.2 Å². The molecule has 0 saturated carbocycles. The smallest absolute Gasteiger partial charge is 0.459 e. The summed E-state index contributed by atoms with van der Waals surface area (Å²) in [5.74, 6) is 0.140. The lowest BCUT2D eigenvalue weighted by Gasteiger charge is -2.13. The molecular formula is C17H14F3N3O2. The van der Waals surface area contributed by atoms with Gasteiger partial charge in [0.25, 0.3) is 0 Å². The highest BCUT2D eigenvalue weighted by Crippen LogP contribution is 2.29. The fourth-order valence-corrected chi connectivity index (χ4v) is 2.24. The van der Waals surface area contributed by atoms with Crippen molar-refractivity contribution in [1.82, 2.24) is 0 Å². The maximum absolute atomic E-state index is 12.4. The van der Waals surface area contributed by atoms with Gasteiger partial charge < -0.3 is 20.2 Å². The average Bonchev–Trinajstić information content (AvgIpc) is 2.96. The van der Waals surface area contributed by atoms with Crippen LogP contribution in [0.15, 0.2) is 64.0 Å². The van der Waals surface area contributed by atoms with Crippen molar-refractivity contribution >= 4 is 22.6 Å². The lowest BCUT2D eigenvalue weighted by Crippen LogP contribution is -2.24. The number of halogens is 3. The molecule has 8 heteroatoms. The van der Waals surface area contributed by atoms with E-state index in [2.05, 4.69) is 15.0 Å². The molecular weight excluding hydrogens is 335 g/mol. The number of hydrogen-bond donors (Lipinski definition) is 2. The zero-order chi connectivity index (χ0) is 17.9. The Morgan fingerprint density at radius 2 is 1.84 bits per heavy atom. The molecule has 5 nitrogen and oxygen atoms in total. The summed E-state index contributed by atoms with van der Waals surface area (Å²) in [7, 11) is 0. The number of rotatable bonds is 4. The molecule has 1 heterocycles. The Kier molecular flexibility index (Phi) is 4.51. The van der Waals surface area contributed by atoms with Crippen LogP contribution in [0.25, 0.3) is 11.0 Å². The largest absolute Gasteiger partial charge is 0.573 e. The number of anilines is 1. The van der Waals surface area contributed by atoms with Crippen molar-refractivity contribution in [1.29, 1.82) is 0 Å². The van der Waals surface area contributed by atoms with Crippen LogP contribution in [0.5, 0.6) is 5.75 Å². The third-order valence-corrected chi connectivity index (χ3v) is 3.26. The van der Waals surface area contributed by atoms with Crippen LogP contribution in [-0.2, 0) is 6.54 Å². The maximum atomic E-state index is 12.4. The Bertz CT molecular complexity index is 870. The van der Waals surface area contributed by atoms with Crippen LogP contribution in [0.4, 0.5) is 18.9 Å². The SMILES string of the molecule is NC(=NCc1cc2ccccc2o1)Nc1ccccc1OC(F)(F)F. The molecule has 0 saturated heterocycles. The number of furan rings is 1. The van der Waals surface area contributed by atoms with E-state index in [0.717, 1.165) is 11.0 Å². The van der Waals surface area contributed by atoms with Crippen molar-refractivity contribution in [3.8, 4) is 5.75 Å². The lowest BCUT2D eigenvalue weighted by molar-refractivity contribution is -0.274. The number of aliphatic imine (C=N–C) groups is 1. The third-order valence-electron chi connectivity index (χ3n) is 3.26. The molecule has 0 aliphatic carbocycles. The number of alkyl halides is 3. The topological polar surface area (TPSA) is 72.8 Å². The van der Waals surface area contributed by atoms with Crippen molar-refractivity contribution in [2.75, 3.05) is 5.32 Å². The van der Waals surface area contributed by atoms with Gasteiger partial charge in [-0.1, -0.05) is 30.3 Å². The van der Waals surface area contributed by atoms with E-state index in [1.807, 2.05) is 30.3 Å². The standard InChI is InChI=1S/C17H14F3N3O2/c18-17(19,20)25-15-8-4-2-6-13(15)23-16(21)22-10-12-9-11-5-1-3-7-14(11)24-12/h1-9H,10H2,(H3,21,22,23). The maximum Gasteiger partial charge on any atom is 0.573 e. The summed E-state index contributed by atoms with van der Waals surface area (Å²) in [4.78, 5) is 4.08. The lowest BCUT2D eigenvalue weighted by atomic mass is 10.2. The van der Waals surface area contributed by atoms with E-state index in [0.29, 0.717) is 5.76 Å². The van der Waals surface area contributed by atoms with Gasteiger partial charge in [-0.05, 0) is 24.3 Å². The molecule has 0 radical (unpaired) electrons. The van der Waals surface area contributed by atoms with Gasteiger partial charge in [-0.15, -0.1) is 13.2 Å². The van der Waals surface area contributed by atoms with E-state index in [1.54, 1.807) is 6.07 Å². The predicted octanol–water partition coefficient (Wildman–Crippen LogP) is 4.26. The molecule has 2 aromatic carbocycles. The summed E-state index contributed by atoms with van der Waals surface area (Å²) in [6, 6.07) is 14.9. The van der Waals surface area contributed by atoms with Crippen LogP contribution in [-0.4, -0.2) is 12.3 Å². The van der Waals surface area contributed by atoms with Gasteiger partial charge in [0.2, 0.25) is 0 Å². The Morgan fingerprint density at radius 1 is 1.12 bits per heavy atom. The van der Waals surface area contributed by atoms with Gasteiger partial charge >= 0.3 is 6.36 Å². The minimum absolute atomic E-state index is 0.0568. The quantitative estimate of drug-likeness (QED) is 0.545. The minimum atomic E-state index is -4.79. The number of nitrogens with zero attached hydrogens (tertiary/aromatic N) is 1. The van der Waals surface area contributed by atoms with Crippen molar-refractivity contribution in [3.63, 3.8) is 0 Å². The monoisotopic (exact) mass is 349 g/mol. The van der Waals surface area contributed by atoms with Crippen molar-refractivity contribution in [3.05, 3.63) is 60.4 Å². The molecule has 3 aromatic rings. The fraction of sp³-hybridized carbons (Fsp3) is 0.118. The highest BCUT2D eigenvalue weighted by molar-refractivity contribution is 5.93. The number of nitrogens with one attached hydrogen (secondary N) is 1. The third kappa shape index (κ3) is 4.43. The first kappa shape index (κ1) is 16.7. The number of guanidine groups is 1. The summed E-state index contributed by atoms with van der Waals surface area (Å²) in [6.45, 7) is 0.149. The zero-order valence-electron chi connectivity index (χ0n) is 12.9. The molecule has 3 N–H and O–H groups in total. The second-order valence-corrected chi connectivity index (χ2v) is 5.12. The number of benzene rings is 2. The molecule has 130 valence electrons. The second kappa shape index (κ2) is 6.76. The van der Waals surface area contributed by atoms with Crippen LogP contribution < -0.4 is 15.8 Å². The minimum Gasteiger partial charge on any atom is -0.459 e. The first-order chi connectivity index (χ1) is 11.9. The first-order valence-electron chi connectivity index (χ1n) is 7.30. The highest BCUT2D eigenvalue weighted by atomic mass is 19.4. The molecule has 0 aliphatic heterocycles. The Morgan fingerprint density at radius 3 is 2.60 bits per heavy atom. The van der Waals surface area contributed by atoms with Crippen LogP contribution in [0.1, 0.15) is 5.76 Å². The fourth-order valence-electron chi connectivity index (χ4n) is 2.24. The van der Waals surface area contributed by atoms with Gasteiger partial charge in [0.1, 0.15) is 17.9 Å². The molecule has 1 aromatic heterocycles. The number of hydrogen-bond acceptors (Lipinski definition) is 3. The molecule has 0 bridgehead atoms. The molecule has 3 rings (SSSR count). The van der Waals surface area contributed by atoms with E-state index >= 15 is 0 Å². The number of ether oxygens (including phenoxy) is 1. The summed E-state index contributed by atoms with van der Waals surface area (Å²) in [5, 5.41) is 3.53. The van der Waals surface area contributed by atoms with Gasteiger partial charge in [-0.25, -0.2) is 4.99 Å². The van der Waals surface area contributed by atoms with Gasteiger partial charge in [-0.3, -0.25) is 0 Å². The van der Waals surface area contributed by atoms with Crippen LogP contribution in [0.3, 0.4) is 0 Å². The van der Waals surface area contributed by atoms with Gasteiger partial charge in [0.15, 0.2) is 11.7 Å². The number of nitrogens with two attached hydrogens (primary N) is 1. The summed E-state index contributed by atoms with van der Waals surface area (Å²) >= 11 is 0. The molecule has 0 fully saturated rings. The Balaban J connectivity index is 1.71. The van der Waals surface area contributed by atoms with Crippen molar-refractivity contribution in [2.45, 2.75) is 12.9 Å². The Labute approximate surface area is 140 Å². The van der Waals surface area contributed by atoms with Crippen LogP contribution >= 0.6 is 0 Å². The number of fused-ring (bicyclic) bond motifs is 1. The Hall–Kier alpha value is -3.16. The van der Waals surface area contributed by atoms with Gasteiger partial charge in [-0.2, -0.15) is 0 Å². The average molecular weight is 349 g/mol. The molecule has 0 amide bonds. The van der Waals surface area contributed by atoms with Crippen LogP contribution in [0.2, 0.25) is 0 Å². The van der Waals surface area contributed by atoms with E-state index in [9.17, 15) is 13.2 Å². The summed E-state index contributed by atoms with van der Waals surface area (Å²) in [6.07, 6.45) is -4.79.